The van der Waals surface area contributed by atoms with Crippen LogP contribution in [0.1, 0.15) is 284 Å². The van der Waals surface area contributed by atoms with Gasteiger partial charge in [0.2, 0.25) is 47.3 Å². The summed E-state index contributed by atoms with van der Waals surface area (Å²) < 4.78 is 0. The fourth-order valence-electron chi connectivity index (χ4n) is 14.8. The molecule has 0 aromatic carbocycles. The van der Waals surface area contributed by atoms with E-state index in [2.05, 4.69) is 98.9 Å². The fourth-order valence-corrected chi connectivity index (χ4v) is 14.8. The summed E-state index contributed by atoms with van der Waals surface area (Å²) in [4.78, 5) is 106. The molecule has 0 bridgehead atoms. The number of carbonyl (C=O) groups is 8. The number of pyridine rings is 1. The van der Waals surface area contributed by atoms with Crippen LogP contribution in [0.3, 0.4) is 0 Å². The summed E-state index contributed by atoms with van der Waals surface area (Å²) in [5, 5.41) is 38.9. The van der Waals surface area contributed by atoms with Gasteiger partial charge in [-0.25, -0.2) is 4.98 Å². The zero-order valence-electron chi connectivity index (χ0n) is 79.6. The molecule has 26 heteroatoms. The number of aliphatic hydroxyl groups is 1. The molecule has 0 spiro atoms. The van der Waals surface area contributed by atoms with Gasteiger partial charge >= 0.3 is 0 Å². The van der Waals surface area contributed by atoms with E-state index >= 15 is 0 Å². The Morgan fingerprint density at radius 2 is 0.706 bits per heavy atom. The van der Waals surface area contributed by atoms with Crippen LogP contribution in [0.15, 0.2) is 24.4 Å². The van der Waals surface area contributed by atoms with Crippen molar-refractivity contribution in [2.24, 2.45) is 59.0 Å². The molecule has 1 aliphatic heterocycles. The van der Waals surface area contributed by atoms with Gasteiger partial charge in [-0.05, 0) is 143 Å². The van der Waals surface area contributed by atoms with Crippen molar-refractivity contribution < 1.29 is 43.5 Å². The number of hydrogen-bond donors (Lipinski definition) is 12. The number of anilines is 1. The average Bonchev–Trinajstić information content (AvgIpc) is 1.53. The summed E-state index contributed by atoms with van der Waals surface area (Å²) in [5.74, 6) is 3.59. The number of nitrogens with two attached hydrogens (primary N) is 1. The van der Waals surface area contributed by atoms with Gasteiger partial charge < -0.3 is 83.6 Å². The van der Waals surface area contributed by atoms with Gasteiger partial charge in [0, 0.05) is 196 Å². The van der Waals surface area contributed by atoms with Crippen LogP contribution in [0, 0.1) is 53.3 Å². The molecule has 6 aliphatic rings. The van der Waals surface area contributed by atoms with Crippen LogP contribution in [0.2, 0.25) is 0 Å². The van der Waals surface area contributed by atoms with E-state index in [9.17, 15) is 43.5 Å². The highest BCUT2D eigenvalue weighted by Crippen LogP contribution is 2.35. The molecule has 694 valence electrons. The fraction of sp³-hybridized carbons (Fsp3) is 0.860. The number of hydrogen-bond acceptors (Lipinski definition) is 18. The van der Waals surface area contributed by atoms with E-state index in [1.54, 1.807) is 6.20 Å². The first-order chi connectivity index (χ1) is 56.6. The van der Waals surface area contributed by atoms with E-state index in [4.69, 9.17) is 5.73 Å². The number of likely N-dealkylation sites (tertiary alicyclic amines) is 1. The van der Waals surface area contributed by atoms with E-state index in [0.29, 0.717) is 38.8 Å². The lowest BCUT2D eigenvalue weighted by Gasteiger charge is -2.44. The van der Waals surface area contributed by atoms with Gasteiger partial charge in [-0.15, -0.1) is 0 Å². The van der Waals surface area contributed by atoms with Crippen LogP contribution in [0.25, 0.3) is 0 Å². The molecular weight excluding hydrogens is 1500 g/mol. The summed E-state index contributed by atoms with van der Waals surface area (Å²) >= 11 is 0. The first-order valence-electron chi connectivity index (χ1n) is 47.0. The Labute approximate surface area is 725 Å². The predicted molar refractivity (Wildman–Crippen MR) is 494 cm³/mol. The van der Waals surface area contributed by atoms with Crippen LogP contribution < -0.4 is 63.8 Å². The first kappa shape index (κ1) is 113. The van der Waals surface area contributed by atoms with Crippen molar-refractivity contribution in [1.29, 1.82) is 0 Å². The van der Waals surface area contributed by atoms with Crippen LogP contribution in [-0.4, -0.2) is 260 Å². The number of aliphatic hydroxyl groups excluding tert-OH is 1. The molecule has 7 rings (SSSR count). The molecule has 119 heavy (non-hydrogen) atoms. The monoisotopic (exact) mass is 1680 g/mol. The lowest BCUT2D eigenvalue weighted by atomic mass is 9.78. The van der Waals surface area contributed by atoms with E-state index in [0.717, 1.165) is 134 Å². The van der Waals surface area contributed by atoms with Crippen molar-refractivity contribution >= 4 is 53.1 Å². The summed E-state index contributed by atoms with van der Waals surface area (Å²) in [6, 6.07) is 9.31. The minimum atomic E-state index is -0.0984. The number of nitrogens with one attached hydrogen (secondary N) is 10. The molecule has 1 aromatic rings. The Morgan fingerprint density at radius 1 is 0.387 bits per heavy atom. The van der Waals surface area contributed by atoms with Gasteiger partial charge in [0.25, 0.3) is 0 Å². The Kier molecular flexibility index (Phi) is 67.4. The number of likely N-dealkylation sites (N-methyl/N-ethyl adjacent to an activating group) is 5. The maximum absolute atomic E-state index is 11.5. The number of carbonyl (C=O) groups excluding carboxylic acids is 8. The molecule has 13 N–H and O–H groups in total. The molecule has 8 amide bonds. The van der Waals surface area contributed by atoms with Crippen LogP contribution in [-0.2, 0) is 38.4 Å². The molecular formula is C93H183N17O9. The third-order valence-electron chi connectivity index (χ3n) is 23.1. The third-order valence-corrected chi connectivity index (χ3v) is 23.1. The average molecular weight is 1680 g/mol. The summed E-state index contributed by atoms with van der Waals surface area (Å²) in [6.45, 7) is 44.5. The normalized spacial score (nSPS) is 18.5. The van der Waals surface area contributed by atoms with Crippen molar-refractivity contribution in [1.82, 2.24) is 77.8 Å². The van der Waals surface area contributed by atoms with Crippen LogP contribution in [0.4, 0.5) is 5.82 Å². The summed E-state index contributed by atoms with van der Waals surface area (Å²) in [5.41, 5.74) is 5.16. The van der Waals surface area contributed by atoms with Crippen molar-refractivity contribution in [3.63, 3.8) is 0 Å². The lowest BCUT2D eigenvalue weighted by Crippen LogP contribution is -2.49. The highest BCUT2D eigenvalue weighted by atomic mass is 16.3. The van der Waals surface area contributed by atoms with Crippen LogP contribution in [0.5, 0.6) is 0 Å². The van der Waals surface area contributed by atoms with Gasteiger partial charge in [-0.1, -0.05) is 200 Å². The van der Waals surface area contributed by atoms with Crippen LogP contribution >= 0.6 is 0 Å². The highest BCUT2D eigenvalue weighted by Gasteiger charge is 2.33. The zero-order chi connectivity index (χ0) is 89.5. The summed E-state index contributed by atoms with van der Waals surface area (Å²) in [7, 11) is 10.4. The van der Waals surface area contributed by atoms with E-state index in [-0.39, 0.29) is 101 Å². The number of fused-ring (bicyclic) bond motifs is 1. The van der Waals surface area contributed by atoms with E-state index in [1.807, 2.05) is 148 Å². The minimum Gasteiger partial charge on any atom is -0.393 e. The largest absolute Gasteiger partial charge is 0.393 e. The van der Waals surface area contributed by atoms with Gasteiger partial charge in [0.05, 0.1) is 6.10 Å². The van der Waals surface area contributed by atoms with Gasteiger partial charge in [-0.3, -0.25) is 43.3 Å². The Morgan fingerprint density at radius 3 is 1.07 bits per heavy atom. The topological polar surface area (TPSA) is 332 Å². The molecule has 6 fully saturated rings. The molecule has 5 saturated carbocycles. The molecule has 1 aromatic heterocycles. The molecule has 2 heterocycles. The van der Waals surface area contributed by atoms with Crippen molar-refractivity contribution in [3.8, 4) is 0 Å². The number of nitrogens with zero attached hydrogens (tertiary/aromatic N) is 6. The predicted octanol–water partition coefficient (Wildman–Crippen LogP) is 10.9. The smallest absolute Gasteiger partial charge is 0.222 e. The van der Waals surface area contributed by atoms with Gasteiger partial charge in [0.1, 0.15) is 5.82 Å². The number of aromatic nitrogens is 1. The SMILES string of the molecule is CC(C)C(=O)NCCN.CC(C)C(=O)NCCN(C)C1CCCC1.CC(C)C(=O)NCCN(C)C1CCCCCC1.CC(C)C(=O)NCCN(C)C1CCCCCCC1.CC(C)C(=O)NCCN(C)c1ccccn1.CC(C)C(=O)NCCN1CCCC2CCCCC21.CC(C)C(=O)NCCNC1CCC(O)CC1.CNCCNC(=O)C(C)C. The van der Waals surface area contributed by atoms with Crippen molar-refractivity contribution in [3.05, 3.63) is 24.4 Å². The molecule has 2 atom stereocenters. The second-order valence-corrected chi connectivity index (χ2v) is 36.3. The third kappa shape index (κ3) is 58.2. The quantitative estimate of drug-likeness (QED) is 0.0219. The second kappa shape index (κ2) is 70.8. The molecule has 2 unspecified atom stereocenters. The Balaban J connectivity index is 0.00000135. The maximum atomic E-state index is 11.5. The highest BCUT2D eigenvalue weighted by molar-refractivity contribution is 5.80. The standard InChI is InChI=1S/C15H28N2O.C15H30N2O.C14H28N2O.C12H19N3O.C12H24N2O2.C12H24N2O.C7H16N2O.C6H14N2O/c1-12(2)15(18)16-9-11-17-10-5-7-13-6-3-4-8-14(13)17;1-13(2)15(18)16-11-12-17(3)14-9-7-5-4-6-8-10-14;1-12(2)14(17)15-10-11-16(3)13-8-6-4-5-7-9-13;1-10(2)12(16)14-8-9-15(3)11-6-4-5-7-13-11;1-9(2)12(16)14-8-7-13-10-3-5-11(15)6-4-10;1-10(2)12(15)13-8-9-14(3)11-6-4-5-7-11;1-6(2)7(10)9-5-4-8-3;1-5(2)6(9)8-4-3-7/h12-14H,3-11H2,1-2H3,(H,16,18);13-14H,4-12H2,1-3H3,(H,16,18);12-13H,4-11H2,1-3H3,(H,15,17);4-7,10H,8-9H2,1-3H3,(H,14,16);9-11,13,15H,3-8H2,1-2H3,(H,14,16);10-11H,4-9H2,1-3H3,(H,13,15);6,8H,4-5H2,1-3H3,(H,9,10);5H,3-4,7H2,1-2H3,(H,8,9). The first-order valence-corrected chi connectivity index (χ1v) is 47.0. The minimum absolute atomic E-state index is 0.0418. The lowest BCUT2D eigenvalue weighted by molar-refractivity contribution is -0.124. The zero-order valence-corrected chi connectivity index (χ0v) is 79.6. The van der Waals surface area contributed by atoms with Gasteiger partial charge in [-0.2, -0.15) is 0 Å². The Bertz CT molecular complexity index is 2720. The van der Waals surface area contributed by atoms with E-state index < -0.39 is 0 Å². The Hall–Kier alpha value is -5.61. The van der Waals surface area contributed by atoms with E-state index in [1.165, 1.54) is 154 Å². The molecule has 5 aliphatic carbocycles. The summed E-state index contributed by atoms with van der Waals surface area (Å²) in [6.07, 6.45) is 37.1. The number of piperidine rings is 1. The van der Waals surface area contributed by atoms with Gasteiger partial charge in [0.15, 0.2) is 0 Å². The molecule has 0 radical (unpaired) electrons. The van der Waals surface area contributed by atoms with Crippen molar-refractivity contribution in [2.45, 2.75) is 320 Å². The number of amides is 8. The molecule has 26 nitrogen and oxygen atoms in total. The molecule has 1 saturated heterocycles. The maximum Gasteiger partial charge on any atom is 0.222 e. The van der Waals surface area contributed by atoms with Crippen molar-refractivity contribution in [2.75, 3.05) is 151 Å². The number of rotatable bonds is 36. The second-order valence-electron chi connectivity index (χ2n) is 36.3.